The summed E-state index contributed by atoms with van der Waals surface area (Å²) in [6.07, 6.45) is 0. The van der Waals surface area contributed by atoms with Crippen LogP contribution in [-0.2, 0) is 19.6 Å². The number of hydrogen-bond donors (Lipinski definition) is 1. The van der Waals surface area contributed by atoms with Crippen LogP contribution >= 0.6 is 0 Å². The van der Waals surface area contributed by atoms with Gasteiger partial charge in [-0.1, -0.05) is 48.0 Å². The second-order valence-corrected chi connectivity index (χ2v) is 11.5. The fourth-order valence-electron chi connectivity index (χ4n) is 4.61. The van der Waals surface area contributed by atoms with Crippen molar-refractivity contribution >= 4 is 50.2 Å². The molecule has 1 N–H and O–H groups in total. The molecule has 0 atom stereocenters. The lowest BCUT2D eigenvalue weighted by Crippen LogP contribution is -2.37. The number of benzene rings is 4. The smallest absolute Gasteiger partial charge is 0.342 e. The Morgan fingerprint density at radius 1 is 0.884 bits per heavy atom. The van der Waals surface area contributed by atoms with Crippen molar-refractivity contribution in [3.05, 3.63) is 114 Å². The van der Waals surface area contributed by atoms with Gasteiger partial charge in [0.1, 0.15) is 16.9 Å². The van der Waals surface area contributed by atoms with Crippen LogP contribution < -0.4 is 9.62 Å². The van der Waals surface area contributed by atoms with Crippen LogP contribution in [0.25, 0.3) is 22.3 Å². The number of nitrogens with zero attached hydrogens (tertiary/aromatic N) is 1. The summed E-state index contributed by atoms with van der Waals surface area (Å²) in [5, 5.41) is 2.88. The highest BCUT2D eigenvalue weighted by Gasteiger charge is 2.33. The molecule has 0 saturated carbocycles. The van der Waals surface area contributed by atoms with Crippen molar-refractivity contribution in [2.24, 2.45) is 0 Å². The molecule has 0 fully saturated rings. The molecule has 0 spiro atoms. The monoisotopic (exact) mass is 596 g/mol. The van der Waals surface area contributed by atoms with Crippen molar-refractivity contribution in [1.29, 1.82) is 0 Å². The van der Waals surface area contributed by atoms with E-state index in [1.165, 1.54) is 49.4 Å². The Labute approximate surface area is 248 Å². The highest BCUT2D eigenvalue weighted by Crippen LogP contribution is 2.38. The third-order valence-electron chi connectivity index (χ3n) is 6.62. The summed E-state index contributed by atoms with van der Waals surface area (Å²) in [6.45, 7) is 4.99. The average molecular weight is 597 g/mol. The van der Waals surface area contributed by atoms with Gasteiger partial charge < -0.3 is 14.5 Å². The maximum atomic E-state index is 14.1. The molecule has 1 aromatic heterocycles. The first-order valence-electron chi connectivity index (χ1n) is 13.4. The van der Waals surface area contributed by atoms with Crippen molar-refractivity contribution in [2.45, 2.75) is 25.7 Å². The fourth-order valence-corrected chi connectivity index (χ4v) is 6.01. The summed E-state index contributed by atoms with van der Waals surface area (Å²) >= 11 is 0. The first-order valence-corrected chi connectivity index (χ1v) is 14.9. The minimum atomic E-state index is -4.49. The number of carbonyl (C=O) groups excluding carboxylic acids is 3. The van der Waals surface area contributed by atoms with Crippen LogP contribution in [0.2, 0.25) is 0 Å². The van der Waals surface area contributed by atoms with E-state index in [0.717, 1.165) is 5.56 Å². The molecule has 9 nitrogen and oxygen atoms in total. The molecule has 0 aliphatic carbocycles. The Hall–Kier alpha value is -5.22. The van der Waals surface area contributed by atoms with Crippen molar-refractivity contribution in [1.82, 2.24) is 0 Å². The molecule has 5 rings (SSSR count). The highest BCUT2D eigenvalue weighted by atomic mass is 32.2. The molecular formula is C33H28N2O7S. The standard InChI is InChI=1S/C33H28N2O7S/c1-4-41-33(38)30-28-20-26(16-19-29(28)42-31(30)23-8-6-5-7-9-23)35(32(37)24-12-10-21(2)11-13-24)43(39,40)27-17-14-25(15-18-27)34-22(3)36/h5-20H,4H2,1-3H3,(H,34,36). The number of furan rings is 1. The number of sulfonamides is 1. The van der Waals surface area contributed by atoms with Crippen molar-refractivity contribution in [3.8, 4) is 11.3 Å². The van der Waals surface area contributed by atoms with E-state index in [1.807, 2.05) is 13.0 Å². The summed E-state index contributed by atoms with van der Waals surface area (Å²) in [6, 6.07) is 25.4. The average Bonchev–Trinajstić information content (AvgIpc) is 3.37. The number of carbonyl (C=O) groups is 3. The minimum Gasteiger partial charge on any atom is -0.462 e. The number of esters is 1. The molecule has 218 valence electrons. The Morgan fingerprint density at radius 3 is 2.19 bits per heavy atom. The maximum absolute atomic E-state index is 14.1. The summed E-state index contributed by atoms with van der Waals surface area (Å²) in [5.74, 6) is -1.49. The predicted molar refractivity (Wildman–Crippen MR) is 164 cm³/mol. The Balaban J connectivity index is 1.71. The molecule has 1 heterocycles. The van der Waals surface area contributed by atoms with E-state index in [9.17, 15) is 22.8 Å². The predicted octanol–water partition coefficient (Wildman–Crippen LogP) is 6.58. The molecule has 0 radical (unpaired) electrons. The molecular weight excluding hydrogens is 568 g/mol. The van der Waals surface area contributed by atoms with Gasteiger partial charge in [0.05, 0.1) is 17.2 Å². The fraction of sp³-hybridized carbons (Fsp3) is 0.121. The van der Waals surface area contributed by atoms with Crippen LogP contribution in [0.5, 0.6) is 0 Å². The van der Waals surface area contributed by atoms with Gasteiger partial charge in [0.15, 0.2) is 0 Å². The van der Waals surface area contributed by atoms with Gasteiger partial charge in [-0.2, -0.15) is 4.31 Å². The van der Waals surface area contributed by atoms with E-state index in [1.54, 1.807) is 55.5 Å². The van der Waals surface area contributed by atoms with E-state index >= 15 is 0 Å². The van der Waals surface area contributed by atoms with Gasteiger partial charge in [0.25, 0.3) is 15.9 Å². The zero-order valence-corrected chi connectivity index (χ0v) is 24.5. The van der Waals surface area contributed by atoms with Crippen LogP contribution in [-0.4, -0.2) is 32.8 Å². The van der Waals surface area contributed by atoms with Crippen LogP contribution in [0.15, 0.2) is 106 Å². The van der Waals surface area contributed by atoms with E-state index in [4.69, 9.17) is 9.15 Å². The largest absolute Gasteiger partial charge is 0.462 e. The van der Waals surface area contributed by atoms with E-state index in [2.05, 4.69) is 5.32 Å². The topological polar surface area (TPSA) is 123 Å². The second-order valence-electron chi connectivity index (χ2n) is 9.72. The Kier molecular flexibility index (Phi) is 8.13. The van der Waals surface area contributed by atoms with Gasteiger partial charge in [-0.3, -0.25) is 9.59 Å². The molecule has 0 aliphatic heterocycles. The number of ether oxygens (including phenoxy) is 1. The molecule has 43 heavy (non-hydrogen) atoms. The van der Waals surface area contributed by atoms with Crippen molar-refractivity contribution < 1.29 is 32.0 Å². The SMILES string of the molecule is CCOC(=O)c1c(-c2ccccc2)oc2ccc(N(C(=O)c3ccc(C)cc3)S(=O)(=O)c3ccc(NC(C)=O)cc3)cc12. The van der Waals surface area contributed by atoms with Gasteiger partial charge in [-0.25, -0.2) is 13.2 Å². The number of nitrogens with one attached hydrogen (secondary N) is 1. The number of hydrogen-bond acceptors (Lipinski definition) is 7. The minimum absolute atomic E-state index is 0.00465. The van der Waals surface area contributed by atoms with Crippen LogP contribution in [0.1, 0.15) is 40.1 Å². The highest BCUT2D eigenvalue weighted by molar-refractivity contribution is 7.93. The van der Waals surface area contributed by atoms with E-state index < -0.39 is 21.9 Å². The lowest BCUT2D eigenvalue weighted by molar-refractivity contribution is -0.114. The molecule has 4 aromatic carbocycles. The van der Waals surface area contributed by atoms with Crippen LogP contribution in [0.3, 0.4) is 0 Å². The zero-order valence-electron chi connectivity index (χ0n) is 23.7. The van der Waals surface area contributed by atoms with Gasteiger partial charge in [0, 0.05) is 29.1 Å². The second kappa shape index (κ2) is 11.9. The summed E-state index contributed by atoms with van der Waals surface area (Å²) < 4.78 is 40.4. The quantitative estimate of drug-likeness (QED) is 0.201. The molecule has 0 aliphatic rings. The summed E-state index contributed by atoms with van der Waals surface area (Å²) in [4.78, 5) is 38.4. The van der Waals surface area contributed by atoms with Crippen molar-refractivity contribution in [2.75, 3.05) is 16.2 Å². The number of amides is 2. The lowest BCUT2D eigenvalue weighted by atomic mass is 10.0. The normalized spacial score (nSPS) is 11.2. The van der Waals surface area contributed by atoms with Gasteiger partial charge >= 0.3 is 5.97 Å². The summed E-state index contributed by atoms with van der Waals surface area (Å²) in [5.41, 5.74) is 2.49. The zero-order chi connectivity index (χ0) is 30.7. The van der Waals surface area contributed by atoms with Gasteiger partial charge in [-0.15, -0.1) is 0 Å². The number of aryl methyl sites for hydroxylation is 1. The molecule has 0 unspecified atom stereocenters. The lowest BCUT2D eigenvalue weighted by Gasteiger charge is -2.23. The van der Waals surface area contributed by atoms with Crippen LogP contribution in [0.4, 0.5) is 11.4 Å². The summed E-state index contributed by atoms with van der Waals surface area (Å²) in [7, 11) is -4.49. The molecule has 2 amide bonds. The number of fused-ring (bicyclic) bond motifs is 1. The Morgan fingerprint density at radius 2 is 1.56 bits per heavy atom. The first kappa shape index (κ1) is 29.3. The molecule has 0 bridgehead atoms. The molecule has 0 saturated heterocycles. The van der Waals surface area contributed by atoms with Gasteiger partial charge in [-0.05, 0) is 68.4 Å². The third kappa shape index (κ3) is 5.91. The van der Waals surface area contributed by atoms with Crippen molar-refractivity contribution in [3.63, 3.8) is 0 Å². The number of anilines is 2. The first-order chi connectivity index (χ1) is 20.6. The molecule has 5 aromatic rings. The van der Waals surface area contributed by atoms with E-state index in [-0.39, 0.29) is 45.4 Å². The molecule has 10 heteroatoms. The number of rotatable bonds is 8. The van der Waals surface area contributed by atoms with E-state index in [0.29, 0.717) is 21.1 Å². The maximum Gasteiger partial charge on any atom is 0.342 e. The van der Waals surface area contributed by atoms with Crippen LogP contribution in [0, 0.1) is 6.92 Å². The van der Waals surface area contributed by atoms with Gasteiger partial charge in [0.2, 0.25) is 5.91 Å². The third-order valence-corrected chi connectivity index (χ3v) is 8.34. The Bertz CT molecular complexity index is 1930.